The number of halogens is 3. The molecule has 2 rings (SSSR count). The summed E-state index contributed by atoms with van der Waals surface area (Å²) in [5.41, 5.74) is -0.0678. The minimum Gasteiger partial charge on any atom is -0.359 e. The normalized spacial score (nSPS) is 18.3. The summed E-state index contributed by atoms with van der Waals surface area (Å²) in [6.45, 7) is 0.585. The Kier molecular flexibility index (Phi) is 4.98. The van der Waals surface area contributed by atoms with Crippen LogP contribution in [0.3, 0.4) is 0 Å². The lowest BCUT2D eigenvalue weighted by Crippen LogP contribution is -2.43. The maximum Gasteiger partial charge on any atom is 0.416 e. The number of aliphatic imine (C=N–C) groups is 1. The largest absolute Gasteiger partial charge is 0.416 e. The molecular formula is C16H22F3N3. The smallest absolute Gasteiger partial charge is 0.359 e. The molecule has 22 heavy (non-hydrogen) atoms. The van der Waals surface area contributed by atoms with Crippen LogP contribution in [0.15, 0.2) is 29.3 Å². The summed E-state index contributed by atoms with van der Waals surface area (Å²) in [5, 5.41) is 6.16. The third-order valence-corrected chi connectivity index (χ3v) is 4.42. The van der Waals surface area contributed by atoms with Gasteiger partial charge in [0, 0.05) is 26.1 Å². The summed E-state index contributed by atoms with van der Waals surface area (Å²) >= 11 is 0. The Morgan fingerprint density at radius 2 is 1.95 bits per heavy atom. The van der Waals surface area contributed by atoms with Crippen LogP contribution in [0, 0.1) is 0 Å². The van der Waals surface area contributed by atoms with Crippen LogP contribution in [0.5, 0.6) is 0 Å². The highest BCUT2D eigenvalue weighted by Crippen LogP contribution is 2.42. The summed E-state index contributed by atoms with van der Waals surface area (Å²) in [7, 11) is 3.44. The van der Waals surface area contributed by atoms with E-state index in [0.717, 1.165) is 37.3 Å². The lowest BCUT2D eigenvalue weighted by atomic mass is 9.78. The van der Waals surface area contributed by atoms with Crippen LogP contribution in [-0.4, -0.2) is 26.6 Å². The van der Waals surface area contributed by atoms with Crippen LogP contribution in [-0.2, 0) is 11.6 Å². The minimum absolute atomic E-state index is 0.256. The Bertz CT molecular complexity index is 532. The number of guanidine groups is 1. The quantitative estimate of drug-likeness (QED) is 0.663. The zero-order valence-corrected chi connectivity index (χ0v) is 12.9. The summed E-state index contributed by atoms with van der Waals surface area (Å²) in [4.78, 5) is 4.06. The van der Waals surface area contributed by atoms with Crippen LogP contribution in [0.1, 0.15) is 36.8 Å². The van der Waals surface area contributed by atoms with E-state index in [9.17, 15) is 13.2 Å². The molecule has 1 aromatic carbocycles. The predicted octanol–water partition coefficient (Wildman–Crippen LogP) is 3.31. The molecule has 0 amide bonds. The van der Waals surface area contributed by atoms with Gasteiger partial charge in [-0.2, -0.15) is 13.2 Å². The fourth-order valence-electron chi connectivity index (χ4n) is 3.18. The first kappa shape index (κ1) is 16.6. The third kappa shape index (κ3) is 3.54. The number of hydrogen-bond acceptors (Lipinski definition) is 1. The molecule has 1 aliphatic carbocycles. The van der Waals surface area contributed by atoms with Crippen LogP contribution in [0.4, 0.5) is 13.2 Å². The monoisotopic (exact) mass is 313 g/mol. The fourth-order valence-corrected chi connectivity index (χ4v) is 3.18. The summed E-state index contributed by atoms with van der Waals surface area (Å²) in [6, 6.07) is 5.75. The lowest BCUT2D eigenvalue weighted by Gasteiger charge is -2.31. The average Bonchev–Trinajstić information content (AvgIpc) is 2.98. The Balaban J connectivity index is 2.28. The van der Waals surface area contributed by atoms with Gasteiger partial charge in [-0.3, -0.25) is 4.99 Å². The maximum atomic E-state index is 13.0. The molecule has 0 atom stereocenters. The van der Waals surface area contributed by atoms with Crippen molar-refractivity contribution in [2.75, 3.05) is 20.6 Å². The summed E-state index contributed by atoms with van der Waals surface area (Å²) < 4.78 is 38.9. The van der Waals surface area contributed by atoms with Crippen molar-refractivity contribution >= 4 is 5.96 Å². The first-order valence-electron chi connectivity index (χ1n) is 7.47. The van der Waals surface area contributed by atoms with Crippen molar-refractivity contribution in [1.29, 1.82) is 0 Å². The standard InChI is InChI=1S/C16H22F3N3/c1-20-14(21-2)22-11-15(8-3-4-9-15)12-6-5-7-13(10-12)16(17,18)19/h5-7,10H,3-4,8-9,11H2,1-2H3,(H2,20,21,22). The van der Waals surface area contributed by atoms with Crippen molar-refractivity contribution in [3.63, 3.8) is 0 Å². The molecule has 0 radical (unpaired) electrons. The zero-order chi connectivity index (χ0) is 16.2. The van der Waals surface area contributed by atoms with Gasteiger partial charge in [-0.15, -0.1) is 0 Å². The molecule has 0 heterocycles. The molecule has 0 spiro atoms. The maximum absolute atomic E-state index is 13.0. The van der Waals surface area contributed by atoms with E-state index in [1.807, 2.05) is 6.07 Å². The van der Waals surface area contributed by atoms with Gasteiger partial charge in [0.1, 0.15) is 0 Å². The van der Waals surface area contributed by atoms with E-state index in [2.05, 4.69) is 15.6 Å². The number of nitrogens with zero attached hydrogens (tertiary/aromatic N) is 1. The summed E-state index contributed by atoms with van der Waals surface area (Å²) in [6.07, 6.45) is -0.444. The molecule has 1 saturated carbocycles. The average molecular weight is 313 g/mol. The Hall–Kier alpha value is -1.72. The molecule has 1 aliphatic rings. The molecule has 1 aromatic rings. The van der Waals surface area contributed by atoms with E-state index >= 15 is 0 Å². The van der Waals surface area contributed by atoms with Crippen LogP contribution in [0.2, 0.25) is 0 Å². The Morgan fingerprint density at radius 1 is 1.27 bits per heavy atom. The minimum atomic E-state index is -4.30. The Morgan fingerprint density at radius 3 is 2.50 bits per heavy atom. The second-order valence-corrected chi connectivity index (χ2v) is 5.74. The molecular weight excluding hydrogens is 291 g/mol. The zero-order valence-electron chi connectivity index (χ0n) is 12.9. The topological polar surface area (TPSA) is 36.4 Å². The molecule has 0 aliphatic heterocycles. The van der Waals surface area contributed by atoms with Crippen molar-refractivity contribution < 1.29 is 13.2 Å². The van der Waals surface area contributed by atoms with E-state index in [1.165, 1.54) is 12.1 Å². The predicted molar refractivity (Wildman–Crippen MR) is 82.0 cm³/mol. The van der Waals surface area contributed by atoms with E-state index < -0.39 is 11.7 Å². The lowest BCUT2D eigenvalue weighted by molar-refractivity contribution is -0.137. The first-order chi connectivity index (χ1) is 10.4. The SMILES string of the molecule is CN=C(NC)NCC1(c2cccc(C(F)(F)F)c2)CCCC1. The van der Waals surface area contributed by atoms with Crippen molar-refractivity contribution in [3.8, 4) is 0 Å². The van der Waals surface area contributed by atoms with Crippen molar-refractivity contribution in [1.82, 2.24) is 10.6 Å². The van der Waals surface area contributed by atoms with Crippen molar-refractivity contribution in [2.24, 2.45) is 4.99 Å². The van der Waals surface area contributed by atoms with Gasteiger partial charge in [0.25, 0.3) is 0 Å². The van der Waals surface area contributed by atoms with Gasteiger partial charge in [0.15, 0.2) is 5.96 Å². The van der Waals surface area contributed by atoms with Crippen LogP contribution >= 0.6 is 0 Å². The number of hydrogen-bond donors (Lipinski definition) is 2. The number of nitrogens with one attached hydrogen (secondary N) is 2. The van der Waals surface area contributed by atoms with Crippen LogP contribution in [0.25, 0.3) is 0 Å². The van der Waals surface area contributed by atoms with Gasteiger partial charge in [-0.25, -0.2) is 0 Å². The van der Waals surface area contributed by atoms with Gasteiger partial charge in [0.2, 0.25) is 0 Å². The van der Waals surface area contributed by atoms with Crippen LogP contribution < -0.4 is 10.6 Å². The second kappa shape index (κ2) is 6.58. The van der Waals surface area contributed by atoms with E-state index in [1.54, 1.807) is 14.1 Å². The molecule has 0 unspecified atom stereocenters. The molecule has 2 N–H and O–H groups in total. The van der Waals surface area contributed by atoms with Gasteiger partial charge in [0.05, 0.1) is 5.56 Å². The highest BCUT2D eigenvalue weighted by molar-refractivity contribution is 5.79. The highest BCUT2D eigenvalue weighted by Gasteiger charge is 2.38. The van der Waals surface area contributed by atoms with E-state index in [0.29, 0.717) is 12.5 Å². The molecule has 0 aromatic heterocycles. The number of alkyl halides is 3. The molecule has 0 saturated heterocycles. The molecule has 122 valence electrons. The van der Waals surface area contributed by atoms with Gasteiger partial charge >= 0.3 is 6.18 Å². The second-order valence-electron chi connectivity index (χ2n) is 5.74. The fraction of sp³-hybridized carbons (Fsp3) is 0.562. The number of rotatable bonds is 3. The molecule has 0 bridgehead atoms. The number of benzene rings is 1. The van der Waals surface area contributed by atoms with E-state index in [4.69, 9.17) is 0 Å². The van der Waals surface area contributed by atoms with E-state index in [-0.39, 0.29) is 5.41 Å². The van der Waals surface area contributed by atoms with Crippen molar-refractivity contribution in [2.45, 2.75) is 37.3 Å². The Labute approximate surface area is 129 Å². The van der Waals surface area contributed by atoms with Gasteiger partial charge in [-0.05, 0) is 24.5 Å². The molecule has 3 nitrogen and oxygen atoms in total. The van der Waals surface area contributed by atoms with Gasteiger partial charge in [-0.1, -0.05) is 31.0 Å². The first-order valence-corrected chi connectivity index (χ1v) is 7.47. The van der Waals surface area contributed by atoms with Crippen molar-refractivity contribution in [3.05, 3.63) is 35.4 Å². The molecule has 6 heteroatoms. The van der Waals surface area contributed by atoms with Gasteiger partial charge < -0.3 is 10.6 Å². The summed E-state index contributed by atoms with van der Waals surface area (Å²) in [5.74, 6) is 0.651. The third-order valence-electron chi connectivity index (χ3n) is 4.42. The highest BCUT2D eigenvalue weighted by atomic mass is 19.4. The molecule has 1 fully saturated rings.